The van der Waals surface area contributed by atoms with Gasteiger partial charge in [-0.05, 0) is 7.05 Å². The van der Waals surface area contributed by atoms with Crippen LogP contribution in [0.4, 0.5) is 5.95 Å². The summed E-state index contributed by atoms with van der Waals surface area (Å²) in [5.41, 5.74) is 6.20. The number of anilines is 1. The summed E-state index contributed by atoms with van der Waals surface area (Å²) in [5, 5.41) is 2.93. The standard InChI is InChI=1S/C8H10N6O/c1-10-2-4-3-11-5-6(12-4)13-8(9)14-7(5)15/h3,10H,2H2,1H3,(H3,9,12,13,14,15). The second-order valence-electron chi connectivity index (χ2n) is 3.02. The van der Waals surface area contributed by atoms with Crippen LogP contribution in [0.25, 0.3) is 11.2 Å². The molecule has 0 unspecified atom stereocenters. The number of nitrogen functional groups attached to an aromatic ring is 1. The highest BCUT2D eigenvalue weighted by Crippen LogP contribution is 2.02. The number of hydrogen-bond acceptors (Lipinski definition) is 6. The van der Waals surface area contributed by atoms with Gasteiger partial charge in [0.05, 0.1) is 11.9 Å². The highest BCUT2D eigenvalue weighted by atomic mass is 16.1. The molecule has 0 aliphatic heterocycles. The van der Waals surface area contributed by atoms with E-state index in [0.29, 0.717) is 12.2 Å². The third-order valence-electron chi connectivity index (χ3n) is 1.84. The Bertz CT molecular complexity index is 548. The lowest BCUT2D eigenvalue weighted by atomic mass is 10.4. The first-order valence-electron chi connectivity index (χ1n) is 4.36. The molecule has 0 aliphatic carbocycles. The van der Waals surface area contributed by atoms with Crippen molar-refractivity contribution in [1.29, 1.82) is 0 Å². The zero-order valence-corrected chi connectivity index (χ0v) is 8.11. The van der Waals surface area contributed by atoms with E-state index in [1.165, 1.54) is 6.20 Å². The van der Waals surface area contributed by atoms with E-state index in [1.807, 2.05) is 0 Å². The molecule has 0 saturated heterocycles. The van der Waals surface area contributed by atoms with Crippen LogP contribution in [0.3, 0.4) is 0 Å². The fourth-order valence-electron chi connectivity index (χ4n) is 1.24. The summed E-state index contributed by atoms with van der Waals surface area (Å²) in [5.74, 6) is 0.0448. The summed E-state index contributed by atoms with van der Waals surface area (Å²) >= 11 is 0. The maximum atomic E-state index is 11.4. The summed E-state index contributed by atoms with van der Waals surface area (Å²) in [6.45, 7) is 0.567. The number of fused-ring (bicyclic) bond motifs is 1. The number of nitrogens with zero attached hydrogens (tertiary/aromatic N) is 3. The largest absolute Gasteiger partial charge is 0.369 e. The molecule has 0 aliphatic rings. The van der Waals surface area contributed by atoms with Crippen LogP contribution in [-0.2, 0) is 6.54 Å². The Morgan fingerprint density at radius 1 is 1.53 bits per heavy atom. The third-order valence-corrected chi connectivity index (χ3v) is 1.84. The predicted octanol–water partition coefficient (Wildman–Crippen LogP) is -0.985. The fourth-order valence-corrected chi connectivity index (χ4v) is 1.24. The highest BCUT2D eigenvalue weighted by Gasteiger charge is 2.05. The van der Waals surface area contributed by atoms with Crippen molar-refractivity contribution >= 4 is 17.1 Å². The van der Waals surface area contributed by atoms with Gasteiger partial charge < -0.3 is 11.1 Å². The normalized spacial score (nSPS) is 10.7. The molecule has 0 fully saturated rings. The van der Waals surface area contributed by atoms with Gasteiger partial charge in [0.1, 0.15) is 0 Å². The second-order valence-corrected chi connectivity index (χ2v) is 3.02. The molecule has 2 aromatic rings. The number of nitrogens with two attached hydrogens (primary N) is 1. The molecule has 0 aromatic carbocycles. The molecule has 2 rings (SSSR count). The van der Waals surface area contributed by atoms with Crippen molar-refractivity contribution in [2.75, 3.05) is 12.8 Å². The Kier molecular flexibility index (Phi) is 2.30. The van der Waals surface area contributed by atoms with Gasteiger partial charge in [-0.1, -0.05) is 0 Å². The first kappa shape index (κ1) is 9.53. The number of H-pyrrole nitrogens is 1. The van der Waals surface area contributed by atoms with Crippen LogP contribution < -0.4 is 16.6 Å². The molecule has 78 valence electrons. The number of aromatic amines is 1. The van der Waals surface area contributed by atoms with E-state index in [1.54, 1.807) is 7.05 Å². The first-order chi connectivity index (χ1) is 7.20. The monoisotopic (exact) mass is 206 g/mol. The molecule has 2 aromatic heterocycles. The van der Waals surface area contributed by atoms with Gasteiger partial charge in [0.15, 0.2) is 11.2 Å². The molecule has 4 N–H and O–H groups in total. The van der Waals surface area contributed by atoms with Crippen LogP contribution >= 0.6 is 0 Å². The number of hydrogen-bond donors (Lipinski definition) is 3. The molecule has 0 radical (unpaired) electrons. The average molecular weight is 206 g/mol. The van der Waals surface area contributed by atoms with E-state index < -0.39 is 0 Å². The Balaban J connectivity index is 2.65. The van der Waals surface area contributed by atoms with Crippen molar-refractivity contribution in [2.24, 2.45) is 0 Å². The average Bonchev–Trinajstić information content (AvgIpc) is 2.17. The van der Waals surface area contributed by atoms with Crippen LogP contribution in [0.1, 0.15) is 5.69 Å². The zero-order chi connectivity index (χ0) is 10.8. The van der Waals surface area contributed by atoms with Crippen molar-refractivity contribution in [1.82, 2.24) is 25.3 Å². The van der Waals surface area contributed by atoms with E-state index in [4.69, 9.17) is 5.73 Å². The van der Waals surface area contributed by atoms with Crippen molar-refractivity contribution in [2.45, 2.75) is 6.54 Å². The molecule has 0 saturated carbocycles. The number of rotatable bonds is 2. The Morgan fingerprint density at radius 2 is 2.33 bits per heavy atom. The SMILES string of the molecule is CNCc1cnc2c(=O)[nH]c(N)nc2n1. The van der Waals surface area contributed by atoms with Gasteiger partial charge >= 0.3 is 0 Å². The van der Waals surface area contributed by atoms with E-state index in [0.717, 1.165) is 0 Å². The van der Waals surface area contributed by atoms with E-state index >= 15 is 0 Å². The molecular weight excluding hydrogens is 196 g/mol. The van der Waals surface area contributed by atoms with Gasteiger partial charge in [0, 0.05) is 6.54 Å². The fraction of sp³-hybridized carbons (Fsp3) is 0.250. The molecule has 0 amide bonds. The quantitative estimate of drug-likeness (QED) is 0.582. The van der Waals surface area contributed by atoms with E-state index in [9.17, 15) is 4.79 Å². The third kappa shape index (κ3) is 1.77. The Morgan fingerprint density at radius 3 is 3.07 bits per heavy atom. The van der Waals surface area contributed by atoms with Crippen LogP contribution in [0.15, 0.2) is 11.0 Å². The van der Waals surface area contributed by atoms with Crippen molar-refractivity contribution in [3.05, 3.63) is 22.2 Å². The Labute approximate surface area is 84.8 Å². The van der Waals surface area contributed by atoms with Gasteiger partial charge in [-0.3, -0.25) is 9.78 Å². The van der Waals surface area contributed by atoms with E-state index in [-0.39, 0.29) is 22.7 Å². The summed E-state index contributed by atoms with van der Waals surface area (Å²) < 4.78 is 0. The molecule has 15 heavy (non-hydrogen) atoms. The van der Waals surface area contributed by atoms with Gasteiger partial charge in [-0.2, -0.15) is 4.98 Å². The van der Waals surface area contributed by atoms with Gasteiger partial charge in [-0.15, -0.1) is 0 Å². The molecular formula is C8H10N6O. The minimum Gasteiger partial charge on any atom is -0.369 e. The number of aromatic nitrogens is 4. The molecule has 7 nitrogen and oxygen atoms in total. The zero-order valence-electron chi connectivity index (χ0n) is 8.11. The topological polar surface area (TPSA) is 110 Å². The lowest BCUT2D eigenvalue weighted by Crippen LogP contribution is -2.15. The van der Waals surface area contributed by atoms with Crippen LogP contribution in [-0.4, -0.2) is 27.0 Å². The predicted molar refractivity (Wildman–Crippen MR) is 55.1 cm³/mol. The van der Waals surface area contributed by atoms with Gasteiger partial charge in [0.25, 0.3) is 5.56 Å². The van der Waals surface area contributed by atoms with Gasteiger partial charge in [-0.25, -0.2) is 9.97 Å². The summed E-state index contributed by atoms with van der Waals surface area (Å²) in [6.07, 6.45) is 1.53. The second kappa shape index (κ2) is 3.62. The van der Waals surface area contributed by atoms with Gasteiger partial charge in [0.2, 0.25) is 5.95 Å². The van der Waals surface area contributed by atoms with Crippen LogP contribution in [0, 0.1) is 0 Å². The highest BCUT2D eigenvalue weighted by molar-refractivity contribution is 5.69. The maximum Gasteiger partial charge on any atom is 0.280 e. The van der Waals surface area contributed by atoms with Crippen LogP contribution in [0.2, 0.25) is 0 Å². The first-order valence-corrected chi connectivity index (χ1v) is 4.36. The summed E-state index contributed by atoms with van der Waals surface area (Å²) in [4.78, 5) is 25.8. The molecule has 0 atom stereocenters. The summed E-state index contributed by atoms with van der Waals surface area (Å²) in [6, 6.07) is 0. The van der Waals surface area contributed by atoms with Crippen molar-refractivity contribution in [3.63, 3.8) is 0 Å². The maximum absolute atomic E-state index is 11.4. The minimum absolute atomic E-state index is 0.0448. The molecule has 2 heterocycles. The number of nitrogens with one attached hydrogen (secondary N) is 2. The molecule has 0 bridgehead atoms. The van der Waals surface area contributed by atoms with Crippen molar-refractivity contribution in [3.8, 4) is 0 Å². The smallest absolute Gasteiger partial charge is 0.280 e. The van der Waals surface area contributed by atoms with Crippen LogP contribution in [0.5, 0.6) is 0 Å². The lowest BCUT2D eigenvalue weighted by Gasteiger charge is -2.00. The molecule has 7 heteroatoms. The lowest BCUT2D eigenvalue weighted by molar-refractivity contribution is 0.788. The minimum atomic E-state index is -0.374. The summed E-state index contributed by atoms with van der Waals surface area (Å²) in [7, 11) is 1.80. The molecule has 0 spiro atoms. The van der Waals surface area contributed by atoms with Crippen molar-refractivity contribution < 1.29 is 0 Å². The van der Waals surface area contributed by atoms with E-state index in [2.05, 4.69) is 25.3 Å². The Hall–Kier alpha value is -2.02.